The first kappa shape index (κ1) is 13.5. The zero-order valence-corrected chi connectivity index (χ0v) is 10.9. The summed E-state index contributed by atoms with van der Waals surface area (Å²) in [5, 5.41) is 7.32. The van der Waals surface area contributed by atoms with Gasteiger partial charge in [0.1, 0.15) is 5.82 Å². The Balaban J connectivity index is 2.82. The molecule has 3 N–H and O–H groups in total. The number of nitrogens with one attached hydrogen (secondary N) is 1. The molecular formula is C13H22N4. The van der Waals surface area contributed by atoms with Crippen molar-refractivity contribution in [3.05, 3.63) is 23.9 Å². The first-order valence-electron chi connectivity index (χ1n) is 6.00. The number of hydrogen-bond donors (Lipinski definition) is 2. The number of aryl methyl sites for hydroxylation is 1. The minimum Gasteiger partial charge on any atom is -0.388 e. The van der Waals surface area contributed by atoms with Crippen molar-refractivity contribution in [1.82, 2.24) is 4.98 Å². The molecule has 4 heteroatoms. The topological polar surface area (TPSA) is 66.0 Å². The summed E-state index contributed by atoms with van der Waals surface area (Å²) in [5.41, 5.74) is 6.59. The minimum absolute atomic E-state index is 0.229. The first-order valence-corrected chi connectivity index (χ1v) is 6.00. The van der Waals surface area contributed by atoms with Crippen LogP contribution >= 0.6 is 0 Å². The molecule has 0 aromatic carbocycles. The van der Waals surface area contributed by atoms with E-state index < -0.39 is 0 Å². The summed E-state index contributed by atoms with van der Waals surface area (Å²) in [7, 11) is 0. The molecule has 0 spiro atoms. The van der Waals surface area contributed by atoms with Crippen LogP contribution in [-0.4, -0.2) is 23.9 Å². The quantitative estimate of drug-likeness (QED) is 0.585. The van der Waals surface area contributed by atoms with Crippen LogP contribution in [0, 0.1) is 18.3 Å². The highest BCUT2D eigenvalue weighted by Gasteiger charge is 2.12. The van der Waals surface area contributed by atoms with E-state index in [9.17, 15) is 0 Å². The zero-order chi connectivity index (χ0) is 12.8. The van der Waals surface area contributed by atoms with Crippen LogP contribution < -0.4 is 10.6 Å². The Hall–Kier alpha value is -1.58. The molecule has 94 valence electrons. The zero-order valence-electron chi connectivity index (χ0n) is 10.9. The second kappa shape index (κ2) is 6.23. The molecule has 0 aliphatic rings. The lowest BCUT2D eigenvalue weighted by molar-refractivity contribution is 0.608. The molecule has 17 heavy (non-hydrogen) atoms. The fraction of sp³-hybridized carbons (Fsp3) is 0.538. The number of aromatic nitrogens is 1. The SMILES string of the molecule is Cc1cccnc1N(CCC(=N)N)CC(C)C. The molecule has 0 fully saturated rings. The van der Waals surface area contributed by atoms with Crippen molar-refractivity contribution in [2.75, 3.05) is 18.0 Å². The third-order valence-corrected chi connectivity index (χ3v) is 2.52. The molecule has 4 nitrogen and oxygen atoms in total. The predicted octanol–water partition coefficient (Wildman–Crippen LogP) is 2.18. The molecule has 0 radical (unpaired) electrons. The molecule has 1 aromatic rings. The number of hydrogen-bond acceptors (Lipinski definition) is 3. The minimum atomic E-state index is 0.229. The molecular weight excluding hydrogens is 212 g/mol. The van der Waals surface area contributed by atoms with Crippen LogP contribution in [0.15, 0.2) is 18.3 Å². The van der Waals surface area contributed by atoms with Crippen molar-refractivity contribution in [2.45, 2.75) is 27.2 Å². The molecule has 1 rings (SSSR count). The maximum absolute atomic E-state index is 7.32. The van der Waals surface area contributed by atoms with E-state index >= 15 is 0 Å². The van der Waals surface area contributed by atoms with Gasteiger partial charge in [0.2, 0.25) is 0 Å². The van der Waals surface area contributed by atoms with Crippen molar-refractivity contribution in [3.63, 3.8) is 0 Å². The van der Waals surface area contributed by atoms with E-state index in [2.05, 4.69) is 36.7 Å². The van der Waals surface area contributed by atoms with E-state index in [1.54, 1.807) is 0 Å². The monoisotopic (exact) mass is 234 g/mol. The summed E-state index contributed by atoms with van der Waals surface area (Å²) in [6.07, 6.45) is 2.40. The fourth-order valence-corrected chi connectivity index (χ4v) is 1.79. The Kier molecular flexibility index (Phi) is 4.94. The summed E-state index contributed by atoms with van der Waals surface area (Å²) in [5.74, 6) is 1.79. The van der Waals surface area contributed by atoms with Gasteiger partial charge < -0.3 is 10.6 Å². The first-order chi connectivity index (χ1) is 8.00. The molecule has 0 aliphatic carbocycles. The predicted molar refractivity (Wildman–Crippen MR) is 72.6 cm³/mol. The third kappa shape index (κ3) is 4.43. The normalized spacial score (nSPS) is 10.6. The highest BCUT2D eigenvalue weighted by atomic mass is 15.2. The van der Waals surface area contributed by atoms with Gasteiger partial charge in [0.05, 0.1) is 5.84 Å². The molecule has 1 aromatic heterocycles. The number of nitrogens with two attached hydrogens (primary N) is 1. The second-order valence-electron chi connectivity index (χ2n) is 4.76. The number of anilines is 1. The fourth-order valence-electron chi connectivity index (χ4n) is 1.79. The highest BCUT2D eigenvalue weighted by molar-refractivity contribution is 5.77. The van der Waals surface area contributed by atoms with Crippen LogP contribution in [0.1, 0.15) is 25.8 Å². The van der Waals surface area contributed by atoms with Crippen LogP contribution in [0.2, 0.25) is 0 Å². The Morgan fingerprint density at radius 1 is 1.53 bits per heavy atom. The van der Waals surface area contributed by atoms with Crippen LogP contribution in [0.4, 0.5) is 5.82 Å². The van der Waals surface area contributed by atoms with Gasteiger partial charge in [-0.25, -0.2) is 4.98 Å². The van der Waals surface area contributed by atoms with Crippen molar-refractivity contribution < 1.29 is 0 Å². The number of pyridine rings is 1. The Morgan fingerprint density at radius 3 is 2.76 bits per heavy atom. The van der Waals surface area contributed by atoms with Gasteiger partial charge in [0.25, 0.3) is 0 Å². The Labute approximate surface area is 103 Å². The molecule has 0 saturated heterocycles. The Bertz CT molecular complexity index is 373. The van der Waals surface area contributed by atoms with E-state index in [0.717, 1.165) is 24.5 Å². The lowest BCUT2D eigenvalue weighted by atomic mass is 10.1. The number of rotatable bonds is 6. The van der Waals surface area contributed by atoms with Gasteiger partial charge in [-0.2, -0.15) is 0 Å². The summed E-state index contributed by atoms with van der Waals surface area (Å²) < 4.78 is 0. The number of nitrogens with zero attached hydrogens (tertiary/aromatic N) is 2. The highest BCUT2D eigenvalue weighted by Crippen LogP contribution is 2.17. The number of amidine groups is 1. The van der Waals surface area contributed by atoms with Crippen molar-refractivity contribution in [1.29, 1.82) is 5.41 Å². The molecule has 0 atom stereocenters. The van der Waals surface area contributed by atoms with Crippen LogP contribution in [-0.2, 0) is 0 Å². The van der Waals surface area contributed by atoms with Gasteiger partial charge in [0.15, 0.2) is 0 Å². The summed E-state index contributed by atoms with van der Waals surface area (Å²) in [4.78, 5) is 6.63. The van der Waals surface area contributed by atoms with Gasteiger partial charge in [-0.3, -0.25) is 5.41 Å². The summed E-state index contributed by atoms with van der Waals surface area (Å²) in [6.45, 7) is 8.11. The average molecular weight is 234 g/mol. The largest absolute Gasteiger partial charge is 0.388 e. The van der Waals surface area contributed by atoms with Crippen molar-refractivity contribution in [3.8, 4) is 0 Å². The van der Waals surface area contributed by atoms with Gasteiger partial charge in [-0.05, 0) is 24.5 Å². The van der Waals surface area contributed by atoms with E-state index in [0.29, 0.717) is 12.3 Å². The molecule has 1 heterocycles. The van der Waals surface area contributed by atoms with Crippen molar-refractivity contribution >= 4 is 11.7 Å². The van der Waals surface area contributed by atoms with Gasteiger partial charge >= 0.3 is 0 Å². The van der Waals surface area contributed by atoms with Crippen molar-refractivity contribution in [2.24, 2.45) is 11.7 Å². The summed E-state index contributed by atoms with van der Waals surface area (Å²) >= 11 is 0. The average Bonchev–Trinajstić information content (AvgIpc) is 2.24. The van der Waals surface area contributed by atoms with E-state index in [1.807, 2.05) is 12.3 Å². The van der Waals surface area contributed by atoms with E-state index in [1.165, 1.54) is 0 Å². The van der Waals surface area contributed by atoms with Crippen LogP contribution in [0.5, 0.6) is 0 Å². The molecule has 0 amide bonds. The Morgan fingerprint density at radius 2 is 2.24 bits per heavy atom. The maximum atomic E-state index is 7.32. The molecule has 0 bridgehead atoms. The van der Waals surface area contributed by atoms with Gasteiger partial charge in [-0.1, -0.05) is 19.9 Å². The smallest absolute Gasteiger partial charge is 0.131 e. The summed E-state index contributed by atoms with van der Waals surface area (Å²) in [6, 6.07) is 4.00. The van der Waals surface area contributed by atoms with E-state index in [4.69, 9.17) is 11.1 Å². The van der Waals surface area contributed by atoms with Crippen LogP contribution in [0.25, 0.3) is 0 Å². The molecule has 0 saturated carbocycles. The second-order valence-corrected chi connectivity index (χ2v) is 4.76. The van der Waals surface area contributed by atoms with Gasteiger partial charge in [-0.15, -0.1) is 0 Å². The standard InChI is InChI=1S/C13H22N4/c1-10(2)9-17(8-6-12(14)15)13-11(3)5-4-7-16-13/h4-5,7,10H,6,8-9H2,1-3H3,(H3,14,15). The third-order valence-electron chi connectivity index (χ3n) is 2.52. The van der Waals surface area contributed by atoms with Gasteiger partial charge in [0, 0.05) is 25.7 Å². The van der Waals surface area contributed by atoms with E-state index in [-0.39, 0.29) is 5.84 Å². The molecule has 0 aliphatic heterocycles. The lowest BCUT2D eigenvalue weighted by Crippen LogP contribution is -2.32. The maximum Gasteiger partial charge on any atom is 0.131 e. The molecule has 0 unspecified atom stereocenters. The van der Waals surface area contributed by atoms with Crippen LogP contribution in [0.3, 0.4) is 0 Å². The lowest BCUT2D eigenvalue weighted by Gasteiger charge is -2.26.